The first-order valence-corrected chi connectivity index (χ1v) is 6.50. The van der Waals surface area contributed by atoms with Crippen LogP contribution in [0.4, 0.5) is 0 Å². The molecular formula is C14H16N2O3. The Labute approximate surface area is 110 Å². The van der Waals surface area contributed by atoms with Crippen molar-refractivity contribution in [2.24, 2.45) is 0 Å². The summed E-state index contributed by atoms with van der Waals surface area (Å²) in [4.78, 5) is 15.4. The van der Waals surface area contributed by atoms with E-state index >= 15 is 0 Å². The monoisotopic (exact) mass is 260 g/mol. The number of carboxylic acids is 1. The molecule has 0 bridgehead atoms. The summed E-state index contributed by atoms with van der Waals surface area (Å²) >= 11 is 0. The largest absolute Gasteiger partial charge is 0.475 e. The van der Waals surface area contributed by atoms with Crippen LogP contribution in [0.25, 0.3) is 0 Å². The van der Waals surface area contributed by atoms with Crippen LogP contribution in [-0.2, 0) is 19.4 Å². The fourth-order valence-corrected chi connectivity index (χ4v) is 2.67. The maximum absolute atomic E-state index is 11.0. The first-order valence-electron chi connectivity index (χ1n) is 6.50. The average Bonchev–Trinajstić information content (AvgIpc) is 2.95. The quantitative estimate of drug-likeness (QED) is 0.920. The number of imidazole rings is 1. The number of fused-ring (bicyclic) bond motifs is 1. The van der Waals surface area contributed by atoms with E-state index in [1.165, 1.54) is 24.2 Å². The van der Waals surface area contributed by atoms with E-state index in [1.54, 1.807) is 13.0 Å². The third-order valence-corrected chi connectivity index (χ3v) is 3.60. The van der Waals surface area contributed by atoms with Gasteiger partial charge in [0, 0.05) is 11.3 Å². The normalized spacial score (nSPS) is 14.4. The minimum atomic E-state index is -1.02. The van der Waals surface area contributed by atoms with Crippen LogP contribution in [-0.4, -0.2) is 20.6 Å². The molecule has 2 aromatic heterocycles. The summed E-state index contributed by atoms with van der Waals surface area (Å²) in [6, 6.07) is 1.79. The second kappa shape index (κ2) is 4.57. The van der Waals surface area contributed by atoms with Crippen LogP contribution in [0.15, 0.2) is 16.8 Å². The summed E-state index contributed by atoms with van der Waals surface area (Å²) in [5.74, 6) is -0.318. The zero-order valence-corrected chi connectivity index (χ0v) is 10.8. The molecule has 0 amide bonds. The lowest BCUT2D eigenvalue weighted by molar-refractivity contribution is 0.0659. The van der Waals surface area contributed by atoms with Crippen molar-refractivity contribution in [2.75, 3.05) is 0 Å². The lowest BCUT2D eigenvalue weighted by Crippen LogP contribution is -2.08. The van der Waals surface area contributed by atoms with Crippen molar-refractivity contribution in [2.45, 2.75) is 39.2 Å². The minimum absolute atomic E-state index is 0.0315. The molecular weight excluding hydrogens is 244 g/mol. The Bertz CT molecular complexity index is 625. The Balaban J connectivity index is 1.87. The average molecular weight is 260 g/mol. The van der Waals surface area contributed by atoms with Crippen LogP contribution in [0.5, 0.6) is 0 Å². The SMILES string of the molecule is Cc1cc(Cn2cnc3c2CCCC3)oc1C(=O)O. The second-order valence-electron chi connectivity index (χ2n) is 5.00. The maximum atomic E-state index is 11.0. The molecule has 0 spiro atoms. The number of aromatic nitrogens is 2. The first-order chi connectivity index (χ1) is 9.15. The van der Waals surface area contributed by atoms with E-state index in [-0.39, 0.29) is 5.76 Å². The standard InChI is InChI=1S/C14H16N2O3/c1-9-6-10(19-13(9)14(17)18)7-16-8-15-11-4-2-3-5-12(11)16/h6,8H,2-5,7H2,1H3,(H,17,18). The van der Waals surface area contributed by atoms with Gasteiger partial charge in [0.25, 0.3) is 0 Å². The van der Waals surface area contributed by atoms with Gasteiger partial charge in [-0.25, -0.2) is 9.78 Å². The van der Waals surface area contributed by atoms with E-state index in [2.05, 4.69) is 9.55 Å². The Hall–Kier alpha value is -2.04. The van der Waals surface area contributed by atoms with Crippen LogP contribution < -0.4 is 0 Å². The van der Waals surface area contributed by atoms with E-state index in [1.807, 2.05) is 6.33 Å². The van der Waals surface area contributed by atoms with Gasteiger partial charge in [-0.2, -0.15) is 0 Å². The van der Waals surface area contributed by atoms with Gasteiger partial charge >= 0.3 is 5.97 Å². The molecule has 1 aliphatic rings. The maximum Gasteiger partial charge on any atom is 0.372 e. The van der Waals surface area contributed by atoms with E-state index in [9.17, 15) is 4.79 Å². The van der Waals surface area contributed by atoms with Gasteiger partial charge in [0.05, 0.1) is 18.6 Å². The van der Waals surface area contributed by atoms with E-state index in [0.29, 0.717) is 17.9 Å². The van der Waals surface area contributed by atoms with Gasteiger partial charge in [0.1, 0.15) is 5.76 Å². The van der Waals surface area contributed by atoms with Crippen molar-refractivity contribution in [3.05, 3.63) is 40.9 Å². The Kier molecular flexibility index (Phi) is 2.89. The zero-order chi connectivity index (χ0) is 13.4. The molecule has 0 saturated heterocycles. The summed E-state index contributed by atoms with van der Waals surface area (Å²) in [5.41, 5.74) is 3.10. The van der Waals surface area contributed by atoms with Gasteiger partial charge in [-0.15, -0.1) is 0 Å². The highest BCUT2D eigenvalue weighted by Crippen LogP contribution is 2.22. The molecule has 0 fully saturated rings. The van der Waals surface area contributed by atoms with Crippen LogP contribution in [0.1, 0.15) is 46.1 Å². The van der Waals surface area contributed by atoms with Gasteiger partial charge in [-0.3, -0.25) is 0 Å². The van der Waals surface area contributed by atoms with Crippen molar-refractivity contribution >= 4 is 5.97 Å². The number of furan rings is 1. The van der Waals surface area contributed by atoms with Crippen molar-refractivity contribution in [3.8, 4) is 0 Å². The lowest BCUT2D eigenvalue weighted by atomic mass is 10.0. The van der Waals surface area contributed by atoms with Crippen LogP contribution >= 0.6 is 0 Å². The Morgan fingerprint density at radius 2 is 2.26 bits per heavy atom. The van der Waals surface area contributed by atoms with Gasteiger partial charge in [-0.05, 0) is 38.7 Å². The number of carbonyl (C=O) groups is 1. The molecule has 1 aliphatic carbocycles. The number of hydrogen-bond donors (Lipinski definition) is 1. The van der Waals surface area contributed by atoms with E-state index < -0.39 is 5.97 Å². The molecule has 2 heterocycles. The molecule has 0 atom stereocenters. The van der Waals surface area contributed by atoms with E-state index in [4.69, 9.17) is 9.52 Å². The number of hydrogen-bond acceptors (Lipinski definition) is 3. The van der Waals surface area contributed by atoms with Gasteiger partial charge < -0.3 is 14.1 Å². The predicted molar refractivity (Wildman–Crippen MR) is 68.4 cm³/mol. The summed E-state index contributed by atoms with van der Waals surface area (Å²) in [6.45, 7) is 2.30. The molecule has 0 aliphatic heterocycles. The van der Waals surface area contributed by atoms with Crippen LogP contribution in [0, 0.1) is 6.92 Å². The van der Waals surface area contributed by atoms with Crippen LogP contribution in [0.2, 0.25) is 0 Å². The molecule has 100 valence electrons. The van der Waals surface area contributed by atoms with E-state index in [0.717, 1.165) is 12.8 Å². The predicted octanol–water partition coefficient (Wildman–Crippen LogP) is 2.41. The summed E-state index contributed by atoms with van der Waals surface area (Å²) in [6.07, 6.45) is 6.30. The number of aromatic carboxylic acids is 1. The smallest absolute Gasteiger partial charge is 0.372 e. The summed E-state index contributed by atoms with van der Waals surface area (Å²) in [7, 11) is 0. The summed E-state index contributed by atoms with van der Waals surface area (Å²) in [5, 5.41) is 8.98. The molecule has 2 aromatic rings. The van der Waals surface area contributed by atoms with Crippen molar-refractivity contribution in [1.29, 1.82) is 0 Å². The molecule has 19 heavy (non-hydrogen) atoms. The van der Waals surface area contributed by atoms with Gasteiger partial charge in [0.15, 0.2) is 0 Å². The molecule has 5 nitrogen and oxygen atoms in total. The number of aryl methyl sites for hydroxylation is 2. The van der Waals surface area contributed by atoms with Crippen molar-refractivity contribution < 1.29 is 14.3 Å². The molecule has 3 rings (SSSR count). The zero-order valence-electron chi connectivity index (χ0n) is 10.8. The van der Waals surface area contributed by atoms with Gasteiger partial charge in [0.2, 0.25) is 5.76 Å². The van der Waals surface area contributed by atoms with Crippen molar-refractivity contribution in [3.63, 3.8) is 0 Å². The Morgan fingerprint density at radius 3 is 3.00 bits per heavy atom. The highest BCUT2D eigenvalue weighted by atomic mass is 16.4. The summed E-state index contributed by atoms with van der Waals surface area (Å²) < 4.78 is 7.46. The van der Waals surface area contributed by atoms with Gasteiger partial charge in [-0.1, -0.05) is 0 Å². The Morgan fingerprint density at radius 1 is 1.47 bits per heavy atom. The number of carboxylic acid groups (broad SMARTS) is 1. The fourth-order valence-electron chi connectivity index (χ4n) is 2.67. The molecule has 0 unspecified atom stereocenters. The second-order valence-corrected chi connectivity index (χ2v) is 5.00. The highest BCUT2D eigenvalue weighted by Gasteiger charge is 2.18. The highest BCUT2D eigenvalue weighted by molar-refractivity contribution is 5.86. The number of rotatable bonds is 3. The fraction of sp³-hybridized carbons (Fsp3) is 0.429. The lowest BCUT2D eigenvalue weighted by Gasteiger charge is -2.13. The third kappa shape index (κ3) is 2.16. The molecule has 0 saturated carbocycles. The van der Waals surface area contributed by atoms with Crippen LogP contribution in [0.3, 0.4) is 0 Å². The molecule has 0 radical (unpaired) electrons. The molecule has 5 heteroatoms. The van der Waals surface area contributed by atoms with Crippen molar-refractivity contribution in [1.82, 2.24) is 9.55 Å². The first kappa shape index (κ1) is 12.0. The third-order valence-electron chi connectivity index (χ3n) is 3.60. The number of nitrogens with zero attached hydrogens (tertiary/aromatic N) is 2. The molecule has 1 N–H and O–H groups in total. The topological polar surface area (TPSA) is 68.3 Å². The molecule has 0 aromatic carbocycles. The minimum Gasteiger partial charge on any atom is -0.475 e.